The molecule has 2 aromatic rings. The summed E-state index contributed by atoms with van der Waals surface area (Å²) in [6, 6.07) is 9.83. The Hall–Kier alpha value is -2.48. The van der Waals surface area contributed by atoms with Crippen LogP contribution in [-0.2, 0) is 4.79 Å². The zero-order valence-corrected chi connectivity index (χ0v) is 15.2. The minimum absolute atomic E-state index is 0.0425. The first-order chi connectivity index (χ1) is 12.6. The lowest BCUT2D eigenvalue weighted by Crippen LogP contribution is -2.33. The van der Waals surface area contributed by atoms with Crippen LogP contribution < -0.4 is 0 Å². The van der Waals surface area contributed by atoms with Crippen LogP contribution in [-0.4, -0.2) is 44.8 Å². The zero-order chi connectivity index (χ0) is 18.4. The van der Waals surface area contributed by atoms with E-state index in [0.29, 0.717) is 16.5 Å². The summed E-state index contributed by atoms with van der Waals surface area (Å²) >= 11 is 1.39. The van der Waals surface area contributed by atoms with Gasteiger partial charge in [-0.25, -0.2) is 0 Å². The van der Waals surface area contributed by atoms with Crippen LogP contribution in [0.5, 0.6) is 0 Å². The zero-order valence-electron chi connectivity index (χ0n) is 14.3. The molecule has 136 valence electrons. The van der Waals surface area contributed by atoms with E-state index in [-0.39, 0.29) is 11.6 Å². The fourth-order valence-corrected chi connectivity index (χ4v) is 3.57. The van der Waals surface area contributed by atoms with Crippen LogP contribution in [0, 0.1) is 10.1 Å². The molecule has 0 spiro atoms. The van der Waals surface area contributed by atoms with Gasteiger partial charge in [0.05, 0.1) is 16.4 Å². The SMILES string of the molecule is O=C(CSc1ccc(-c2ccc([N+](=O)[O-])cc2)nn1)N1CCCCCC1. The van der Waals surface area contributed by atoms with E-state index < -0.39 is 4.92 Å². The van der Waals surface area contributed by atoms with Crippen LogP contribution in [0.1, 0.15) is 25.7 Å². The Labute approximate surface area is 156 Å². The predicted molar refractivity (Wildman–Crippen MR) is 99.9 cm³/mol. The predicted octanol–water partition coefficient (Wildman–Crippen LogP) is 3.55. The second-order valence-electron chi connectivity index (χ2n) is 6.14. The van der Waals surface area contributed by atoms with E-state index in [1.807, 2.05) is 17.0 Å². The number of nitrogens with zero attached hydrogens (tertiary/aromatic N) is 4. The number of nitro benzene ring substituents is 1. The monoisotopic (exact) mass is 372 g/mol. The highest BCUT2D eigenvalue weighted by molar-refractivity contribution is 7.99. The number of nitro groups is 1. The number of amides is 1. The van der Waals surface area contributed by atoms with Crippen molar-refractivity contribution in [1.82, 2.24) is 15.1 Å². The van der Waals surface area contributed by atoms with Crippen molar-refractivity contribution in [3.63, 3.8) is 0 Å². The van der Waals surface area contributed by atoms with Crippen LogP contribution in [0.15, 0.2) is 41.4 Å². The van der Waals surface area contributed by atoms with E-state index in [9.17, 15) is 14.9 Å². The third kappa shape index (κ3) is 4.78. The van der Waals surface area contributed by atoms with E-state index in [2.05, 4.69) is 10.2 Å². The van der Waals surface area contributed by atoms with E-state index in [1.165, 1.54) is 36.7 Å². The Balaban J connectivity index is 1.57. The summed E-state index contributed by atoms with van der Waals surface area (Å²) < 4.78 is 0. The van der Waals surface area contributed by atoms with Gasteiger partial charge < -0.3 is 4.90 Å². The maximum absolute atomic E-state index is 12.3. The van der Waals surface area contributed by atoms with Crippen LogP contribution >= 0.6 is 11.8 Å². The lowest BCUT2D eigenvalue weighted by Gasteiger charge is -2.19. The quantitative estimate of drug-likeness (QED) is 0.453. The van der Waals surface area contributed by atoms with Crippen molar-refractivity contribution >= 4 is 23.4 Å². The third-order valence-electron chi connectivity index (χ3n) is 4.32. The highest BCUT2D eigenvalue weighted by atomic mass is 32.2. The van der Waals surface area contributed by atoms with Crippen LogP contribution in [0.2, 0.25) is 0 Å². The second kappa shape index (κ2) is 8.75. The Morgan fingerprint density at radius 2 is 1.73 bits per heavy atom. The number of carbonyl (C=O) groups is 1. The Bertz CT molecular complexity index is 757. The lowest BCUT2D eigenvalue weighted by molar-refractivity contribution is -0.384. The summed E-state index contributed by atoms with van der Waals surface area (Å²) in [7, 11) is 0. The minimum Gasteiger partial charge on any atom is -0.342 e. The van der Waals surface area contributed by atoms with Gasteiger partial charge in [0.15, 0.2) is 0 Å². The number of aromatic nitrogens is 2. The van der Waals surface area contributed by atoms with Gasteiger partial charge in [-0.2, -0.15) is 0 Å². The molecule has 8 heteroatoms. The van der Waals surface area contributed by atoms with Gasteiger partial charge in [-0.15, -0.1) is 10.2 Å². The summed E-state index contributed by atoms with van der Waals surface area (Å²) in [5, 5.41) is 19.7. The number of hydrogen-bond donors (Lipinski definition) is 0. The Morgan fingerprint density at radius 3 is 2.31 bits per heavy atom. The highest BCUT2D eigenvalue weighted by Crippen LogP contribution is 2.22. The van der Waals surface area contributed by atoms with Gasteiger partial charge in [-0.05, 0) is 37.1 Å². The maximum Gasteiger partial charge on any atom is 0.269 e. The van der Waals surface area contributed by atoms with E-state index >= 15 is 0 Å². The molecule has 2 heterocycles. The lowest BCUT2D eigenvalue weighted by atomic mass is 10.1. The van der Waals surface area contributed by atoms with Crippen molar-refractivity contribution in [2.45, 2.75) is 30.7 Å². The van der Waals surface area contributed by atoms with Gasteiger partial charge in [0.1, 0.15) is 5.03 Å². The summed E-state index contributed by atoms with van der Waals surface area (Å²) in [5.74, 6) is 0.518. The molecule has 0 N–H and O–H groups in total. The molecule has 3 rings (SSSR count). The van der Waals surface area contributed by atoms with E-state index in [0.717, 1.165) is 31.5 Å². The van der Waals surface area contributed by atoms with Crippen molar-refractivity contribution in [3.8, 4) is 11.3 Å². The van der Waals surface area contributed by atoms with Gasteiger partial charge in [-0.1, -0.05) is 24.6 Å². The number of likely N-dealkylation sites (tertiary alicyclic amines) is 1. The van der Waals surface area contributed by atoms with Gasteiger partial charge in [-0.3, -0.25) is 14.9 Å². The van der Waals surface area contributed by atoms with Gasteiger partial charge in [0, 0.05) is 30.8 Å². The molecule has 0 unspecified atom stereocenters. The molecule has 1 aliphatic heterocycles. The average molecular weight is 372 g/mol. The number of benzene rings is 1. The Morgan fingerprint density at radius 1 is 1.04 bits per heavy atom. The van der Waals surface area contributed by atoms with Crippen molar-refractivity contribution in [1.29, 1.82) is 0 Å². The van der Waals surface area contributed by atoms with Crippen LogP contribution in [0.3, 0.4) is 0 Å². The number of hydrogen-bond acceptors (Lipinski definition) is 6. The van der Waals surface area contributed by atoms with Gasteiger partial charge in [0.25, 0.3) is 5.69 Å². The van der Waals surface area contributed by atoms with Crippen molar-refractivity contribution in [2.75, 3.05) is 18.8 Å². The molecule has 7 nitrogen and oxygen atoms in total. The second-order valence-corrected chi connectivity index (χ2v) is 7.14. The molecule has 1 aromatic carbocycles. The first-order valence-electron chi connectivity index (χ1n) is 8.62. The Kier molecular flexibility index (Phi) is 6.17. The molecule has 0 saturated carbocycles. The summed E-state index contributed by atoms with van der Waals surface area (Å²) in [6.45, 7) is 1.70. The number of non-ortho nitro benzene ring substituents is 1. The molecule has 1 fully saturated rings. The standard InChI is InChI=1S/C18H20N4O3S/c23-18(21-11-3-1-2-4-12-21)13-26-17-10-9-16(19-20-17)14-5-7-15(8-6-14)22(24)25/h5-10H,1-4,11-13H2. The summed E-state index contributed by atoms with van der Waals surface area (Å²) in [4.78, 5) is 24.5. The van der Waals surface area contributed by atoms with Crippen LogP contribution in [0.4, 0.5) is 5.69 Å². The molecule has 1 amide bonds. The molecule has 0 aliphatic carbocycles. The van der Waals surface area contributed by atoms with Crippen molar-refractivity contribution < 1.29 is 9.72 Å². The number of carbonyl (C=O) groups excluding carboxylic acids is 1. The highest BCUT2D eigenvalue weighted by Gasteiger charge is 2.16. The fourth-order valence-electron chi connectivity index (χ4n) is 2.85. The molecule has 1 aromatic heterocycles. The number of rotatable bonds is 5. The largest absolute Gasteiger partial charge is 0.342 e. The molecular formula is C18H20N4O3S. The molecular weight excluding hydrogens is 352 g/mol. The first-order valence-corrected chi connectivity index (χ1v) is 9.61. The molecule has 1 aliphatic rings. The molecule has 0 bridgehead atoms. The van der Waals surface area contributed by atoms with Crippen molar-refractivity contribution in [2.24, 2.45) is 0 Å². The maximum atomic E-state index is 12.3. The van der Waals surface area contributed by atoms with Gasteiger partial charge >= 0.3 is 0 Å². The summed E-state index contributed by atoms with van der Waals surface area (Å²) in [5.41, 5.74) is 1.45. The minimum atomic E-state index is -0.434. The smallest absolute Gasteiger partial charge is 0.269 e. The average Bonchev–Trinajstić information content (AvgIpc) is 2.96. The van der Waals surface area contributed by atoms with E-state index in [1.54, 1.807) is 12.1 Å². The topological polar surface area (TPSA) is 89.2 Å². The molecule has 0 radical (unpaired) electrons. The van der Waals surface area contributed by atoms with E-state index in [4.69, 9.17) is 0 Å². The molecule has 1 saturated heterocycles. The third-order valence-corrected chi connectivity index (χ3v) is 5.22. The fraction of sp³-hybridized carbons (Fsp3) is 0.389. The van der Waals surface area contributed by atoms with Crippen molar-refractivity contribution in [3.05, 3.63) is 46.5 Å². The molecule has 26 heavy (non-hydrogen) atoms. The van der Waals surface area contributed by atoms with Crippen LogP contribution in [0.25, 0.3) is 11.3 Å². The van der Waals surface area contributed by atoms with Gasteiger partial charge in [0.2, 0.25) is 5.91 Å². The normalized spacial score (nSPS) is 14.7. The number of thioether (sulfide) groups is 1. The molecule has 0 atom stereocenters. The summed E-state index contributed by atoms with van der Waals surface area (Å²) in [6.07, 6.45) is 4.57. The first kappa shape index (κ1) is 18.3.